The quantitative estimate of drug-likeness (QED) is 0.681. The van der Waals surface area contributed by atoms with E-state index in [2.05, 4.69) is 37.1 Å². The second-order valence-corrected chi connectivity index (χ2v) is 7.84. The number of hydrogen-bond donors (Lipinski definition) is 2. The highest BCUT2D eigenvalue weighted by Crippen LogP contribution is 2.29. The molecule has 152 valence electrons. The number of nitrogens with one attached hydrogen (secondary N) is 2. The molecule has 1 aliphatic heterocycles. The molecule has 0 saturated carbocycles. The minimum Gasteiger partial charge on any atom is -0.352 e. The third kappa shape index (κ3) is 4.16. The van der Waals surface area contributed by atoms with Gasteiger partial charge in [-0.15, -0.1) is 0 Å². The number of rotatable bonds is 4. The number of carbonyl (C=O) groups excluding carboxylic acids is 2. The number of amides is 3. The maximum absolute atomic E-state index is 12.6. The van der Waals surface area contributed by atoms with Gasteiger partial charge in [0.25, 0.3) is 0 Å². The fraction of sp³-hybridized carbons (Fsp3) is 0.368. The average Bonchev–Trinajstić information content (AvgIpc) is 3.34. The van der Waals surface area contributed by atoms with E-state index in [1.54, 1.807) is 35.9 Å². The van der Waals surface area contributed by atoms with Crippen molar-refractivity contribution in [3.63, 3.8) is 0 Å². The van der Waals surface area contributed by atoms with Gasteiger partial charge in [-0.2, -0.15) is 9.47 Å². The van der Waals surface area contributed by atoms with Gasteiger partial charge in [-0.3, -0.25) is 9.48 Å². The Balaban J connectivity index is 1.30. The van der Waals surface area contributed by atoms with Crippen LogP contribution in [0.3, 0.4) is 0 Å². The molecule has 3 aromatic rings. The zero-order valence-corrected chi connectivity index (χ0v) is 17.1. The van der Waals surface area contributed by atoms with Crippen LogP contribution < -0.4 is 15.5 Å². The van der Waals surface area contributed by atoms with Gasteiger partial charge in [-0.1, -0.05) is 12.1 Å². The first kappa shape index (κ1) is 19.2. The average molecular weight is 414 g/mol. The van der Waals surface area contributed by atoms with E-state index >= 15 is 0 Å². The van der Waals surface area contributed by atoms with E-state index in [9.17, 15) is 9.59 Å². The van der Waals surface area contributed by atoms with Crippen molar-refractivity contribution in [3.8, 4) is 0 Å². The molecule has 1 aliphatic rings. The van der Waals surface area contributed by atoms with Crippen LogP contribution in [0.4, 0.5) is 16.3 Å². The molecule has 3 amide bonds. The van der Waals surface area contributed by atoms with Crippen LogP contribution in [0.5, 0.6) is 0 Å². The molecule has 29 heavy (non-hydrogen) atoms. The van der Waals surface area contributed by atoms with Crippen molar-refractivity contribution in [3.05, 3.63) is 36.7 Å². The number of benzene rings is 1. The lowest BCUT2D eigenvalue weighted by atomic mass is 10.2. The predicted octanol–water partition coefficient (Wildman–Crippen LogP) is 1.89. The first-order valence-electron chi connectivity index (χ1n) is 9.45. The van der Waals surface area contributed by atoms with Crippen LogP contribution in [0.15, 0.2) is 36.7 Å². The maximum atomic E-state index is 12.6. The predicted molar refractivity (Wildman–Crippen MR) is 113 cm³/mol. The highest BCUT2D eigenvalue weighted by Gasteiger charge is 2.25. The summed E-state index contributed by atoms with van der Waals surface area (Å²) in [6, 6.07) is 7.29. The summed E-state index contributed by atoms with van der Waals surface area (Å²) in [6.07, 6.45) is 3.27. The smallest absolute Gasteiger partial charge is 0.318 e. The zero-order valence-electron chi connectivity index (χ0n) is 16.3. The first-order chi connectivity index (χ1) is 14.0. The Morgan fingerprint density at radius 1 is 1.17 bits per heavy atom. The van der Waals surface area contributed by atoms with E-state index in [4.69, 9.17) is 0 Å². The monoisotopic (exact) mass is 413 g/mol. The van der Waals surface area contributed by atoms with Crippen molar-refractivity contribution in [1.82, 2.24) is 24.4 Å². The Bertz CT molecular complexity index is 1020. The molecule has 4 rings (SSSR count). The van der Waals surface area contributed by atoms with Crippen LogP contribution in [0, 0.1) is 0 Å². The minimum atomic E-state index is -0.650. The van der Waals surface area contributed by atoms with Gasteiger partial charge in [-0.25, -0.2) is 4.79 Å². The van der Waals surface area contributed by atoms with E-state index in [1.807, 2.05) is 12.1 Å². The Hall–Kier alpha value is -3.14. The van der Waals surface area contributed by atoms with Crippen LogP contribution in [-0.4, -0.2) is 63.2 Å². The normalized spacial score (nSPS) is 15.4. The minimum absolute atomic E-state index is 0.235. The largest absolute Gasteiger partial charge is 0.352 e. The van der Waals surface area contributed by atoms with Crippen molar-refractivity contribution >= 4 is 45.1 Å². The molecule has 0 aliphatic carbocycles. The van der Waals surface area contributed by atoms with Gasteiger partial charge in [0.05, 0.1) is 16.6 Å². The molecule has 1 unspecified atom stereocenters. The van der Waals surface area contributed by atoms with Crippen molar-refractivity contribution in [1.29, 1.82) is 0 Å². The summed E-state index contributed by atoms with van der Waals surface area (Å²) < 4.78 is 7.35. The standard InChI is InChI=1S/C19H23N7O2S/c1-13(18(27)22-14-11-20-24(2)12-14)21-19(28)26-9-7-25(8-10-26)17-15-5-3-4-6-16(15)29-23-17/h3-6,11-13H,7-10H2,1-2H3,(H,21,28)(H,22,27). The van der Waals surface area contributed by atoms with E-state index in [-0.39, 0.29) is 11.9 Å². The van der Waals surface area contributed by atoms with Crippen molar-refractivity contribution < 1.29 is 9.59 Å². The molecular formula is C19H23N7O2S. The summed E-state index contributed by atoms with van der Waals surface area (Å²) in [5, 5.41) is 10.7. The van der Waals surface area contributed by atoms with Crippen LogP contribution in [0.2, 0.25) is 0 Å². The summed E-state index contributed by atoms with van der Waals surface area (Å²) in [7, 11) is 1.77. The van der Waals surface area contributed by atoms with Crippen LogP contribution >= 0.6 is 11.5 Å². The van der Waals surface area contributed by atoms with Crippen molar-refractivity contribution in [2.24, 2.45) is 7.05 Å². The van der Waals surface area contributed by atoms with Gasteiger partial charge in [0.15, 0.2) is 0 Å². The molecule has 9 nitrogen and oxygen atoms in total. The van der Waals surface area contributed by atoms with Gasteiger partial charge < -0.3 is 20.4 Å². The second-order valence-electron chi connectivity index (χ2n) is 7.04. The Kier molecular flexibility index (Phi) is 5.34. The number of fused-ring (bicyclic) bond motifs is 1. The Morgan fingerprint density at radius 2 is 1.93 bits per heavy atom. The fourth-order valence-corrected chi connectivity index (χ4v) is 4.10. The van der Waals surface area contributed by atoms with E-state index in [0.717, 1.165) is 15.9 Å². The van der Waals surface area contributed by atoms with E-state index in [0.29, 0.717) is 31.9 Å². The molecule has 1 aromatic carbocycles. The first-order valence-corrected chi connectivity index (χ1v) is 10.2. The van der Waals surface area contributed by atoms with Gasteiger partial charge in [0.2, 0.25) is 5.91 Å². The number of hydrogen-bond acceptors (Lipinski definition) is 6. The molecule has 3 heterocycles. The van der Waals surface area contributed by atoms with Crippen LogP contribution in [0.1, 0.15) is 6.92 Å². The van der Waals surface area contributed by atoms with E-state index < -0.39 is 6.04 Å². The molecule has 0 bridgehead atoms. The molecule has 1 atom stereocenters. The highest BCUT2D eigenvalue weighted by atomic mass is 32.1. The summed E-state index contributed by atoms with van der Waals surface area (Å²) in [4.78, 5) is 28.8. The molecule has 2 aromatic heterocycles. The molecule has 1 saturated heterocycles. The summed E-state index contributed by atoms with van der Waals surface area (Å²) in [6.45, 7) is 4.24. The highest BCUT2D eigenvalue weighted by molar-refractivity contribution is 7.13. The van der Waals surface area contributed by atoms with E-state index in [1.165, 1.54) is 11.5 Å². The molecule has 2 N–H and O–H groups in total. The van der Waals surface area contributed by atoms with Crippen molar-refractivity contribution in [2.45, 2.75) is 13.0 Å². The second kappa shape index (κ2) is 8.08. The lowest BCUT2D eigenvalue weighted by molar-refractivity contribution is -0.117. The summed E-state index contributed by atoms with van der Waals surface area (Å²) in [5.41, 5.74) is 0.600. The SMILES string of the molecule is CC(NC(=O)N1CCN(c2nsc3ccccc23)CC1)C(=O)Nc1cnn(C)c1. The van der Waals surface area contributed by atoms with Crippen LogP contribution in [-0.2, 0) is 11.8 Å². The summed E-state index contributed by atoms with van der Waals surface area (Å²) in [5.74, 6) is 0.703. The molecule has 10 heteroatoms. The number of nitrogens with zero attached hydrogens (tertiary/aromatic N) is 5. The molecule has 0 radical (unpaired) electrons. The Labute approximate surface area is 172 Å². The lowest BCUT2D eigenvalue weighted by Gasteiger charge is -2.35. The van der Waals surface area contributed by atoms with Gasteiger partial charge in [0, 0.05) is 44.8 Å². The Morgan fingerprint density at radius 3 is 2.66 bits per heavy atom. The number of piperazine rings is 1. The topological polar surface area (TPSA) is 95.4 Å². The number of urea groups is 1. The van der Waals surface area contributed by atoms with Gasteiger partial charge in [0.1, 0.15) is 11.9 Å². The van der Waals surface area contributed by atoms with Gasteiger partial charge >= 0.3 is 6.03 Å². The zero-order chi connectivity index (χ0) is 20.4. The number of anilines is 2. The third-order valence-electron chi connectivity index (χ3n) is 4.93. The molecule has 1 fully saturated rings. The molecule has 0 spiro atoms. The third-order valence-corrected chi connectivity index (χ3v) is 5.75. The van der Waals surface area contributed by atoms with Crippen molar-refractivity contribution in [2.75, 3.05) is 36.4 Å². The molecular weight excluding hydrogens is 390 g/mol. The lowest BCUT2D eigenvalue weighted by Crippen LogP contribution is -2.54. The number of aromatic nitrogens is 3. The maximum Gasteiger partial charge on any atom is 0.318 e. The fourth-order valence-electron chi connectivity index (χ4n) is 3.30. The summed E-state index contributed by atoms with van der Waals surface area (Å²) >= 11 is 1.49. The van der Waals surface area contributed by atoms with Gasteiger partial charge in [-0.05, 0) is 30.6 Å². The number of carbonyl (C=O) groups is 2. The van der Waals surface area contributed by atoms with Crippen LogP contribution in [0.25, 0.3) is 10.1 Å². The number of aryl methyl sites for hydroxylation is 1.